The fourth-order valence-corrected chi connectivity index (χ4v) is 3.90. The van der Waals surface area contributed by atoms with E-state index >= 15 is 0 Å². The minimum Gasteiger partial charge on any atom is -0.406 e. The number of piperidine rings is 1. The van der Waals surface area contributed by atoms with Crippen molar-refractivity contribution in [3.8, 4) is 5.75 Å². The van der Waals surface area contributed by atoms with E-state index < -0.39 is 6.36 Å². The molecule has 6 nitrogen and oxygen atoms in total. The maximum Gasteiger partial charge on any atom is 0.573 e. The monoisotopic (exact) mass is 444 g/mol. The van der Waals surface area contributed by atoms with E-state index in [1.54, 1.807) is 0 Å². The molecule has 9 heteroatoms. The molecule has 1 saturated heterocycles. The average Bonchev–Trinajstić information content (AvgIpc) is 2.73. The van der Waals surface area contributed by atoms with Crippen LogP contribution in [0.4, 0.5) is 24.5 Å². The Morgan fingerprint density at radius 3 is 2.62 bits per heavy atom. The molecule has 1 fully saturated rings. The number of aromatic nitrogens is 2. The van der Waals surface area contributed by atoms with Crippen molar-refractivity contribution in [1.29, 1.82) is 0 Å². The number of pyridine rings is 2. The molecule has 1 N–H and O–H groups in total. The number of ether oxygens (including phenoxy) is 1. The van der Waals surface area contributed by atoms with E-state index in [2.05, 4.69) is 26.9 Å². The summed E-state index contributed by atoms with van der Waals surface area (Å²) in [5.74, 6) is -0.0346. The lowest BCUT2D eigenvalue weighted by molar-refractivity contribution is -0.274. The van der Waals surface area contributed by atoms with Crippen LogP contribution in [0.1, 0.15) is 35.8 Å². The van der Waals surface area contributed by atoms with Gasteiger partial charge in [-0.3, -0.25) is 4.79 Å². The van der Waals surface area contributed by atoms with Gasteiger partial charge in [-0.15, -0.1) is 13.2 Å². The number of rotatable bonds is 4. The summed E-state index contributed by atoms with van der Waals surface area (Å²) in [6, 6.07) is 9.03. The molecule has 1 aliphatic heterocycles. The zero-order chi connectivity index (χ0) is 22.9. The zero-order valence-electron chi connectivity index (χ0n) is 17.7. The lowest BCUT2D eigenvalue weighted by atomic mass is 9.99. The highest BCUT2D eigenvalue weighted by Gasteiger charge is 2.31. The molecule has 3 aromatic rings. The Morgan fingerprint density at radius 2 is 1.94 bits per heavy atom. The summed E-state index contributed by atoms with van der Waals surface area (Å²) in [5.41, 5.74) is 2.69. The molecule has 1 aromatic carbocycles. The van der Waals surface area contributed by atoms with Gasteiger partial charge in [0.25, 0.3) is 5.91 Å². The highest BCUT2D eigenvalue weighted by atomic mass is 19.4. The van der Waals surface area contributed by atoms with E-state index in [1.165, 1.54) is 30.5 Å². The number of carbonyl (C=O) groups excluding carboxylic acids is 1. The number of nitrogens with zero attached hydrogens (tertiary/aromatic N) is 3. The van der Waals surface area contributed by atoms with E-state index in [4.69, 9.17) is 0 Å². The number of likely N-dealkylation sites (tertiary alicyclic amines) is 1. The van der Waals surface area contributed by atoms with Gasteiger partial charge in [-0.25, -0.2) is 9.97 Å². The molecule has 0 radical (unpaired) electrons. The molecule has 0 saturated carbocycles. The van der Waals surface area contributed by atoms with Crippen molar-refractivity contribution in [2.24, 2.45) is 5.92 Å². The predicted octanol–water partition coefficient (Wildman–Crippen LogP) is 5.45. The van der Waals surface area contributed by atoms with Crippen molar-refractivity contribution in [3.05, 3.63) is 53.9 Å². The van der Waals surface area contributed by atoms with Gasteiger partial charge in [0.1, 0.15) is 5.75 Å². The van der Waals surface area contributed by atoms with Gasteiger partial charge in [-0.2, -0.15) is 0 Å². The van der Waals surface area contributed by atoms with Crippen molar-refractivity contribution in [2.45, 2.75) is 33.1 Å². The van der Waals surface area contributed by atoms with Crippen LogP contribution in [0, 0.1) is 12.8 Å². The number of aryl methyl sites for hydroxylation is 1. The highest BCUT2D eigenvalue weighted by molar-refractivity contribution is 6.07. The summed E-state index contributed by atoms with van der Waals surface area (Å²) in [6.07, 6.45) is -1.22. The van der Waals surface area contributed by atoms with Gasteiger partial charge >= 0.3 is 6.36 Å². The van der Waals surface area contributed by atoms with Crippen molar-refractivity contribution in [2.75, 3.05) is 18.4 Å². The third-order valence-corrected chi connectivity index (χ3v) is 5.40. The number of carbonyl (C=O) groups is 1. The molecule has 2 aromatic heterocycles. The predicted molar refractivity (Wildman–Crippen MR) is 115 cm³/mol. The molecule has 1 aliphatic rings. The molecule has 1 unspecified atom stereocenters. The first-order chi connectivity index (χ1) is 15.2. The quantitative estimate of drug-likeness (QED) is 0.579. The second-order valence-electron chi connectivity index (χ2n) is 8.07. The maximum atomic E-state index is 13.4. The maximum absolute atomic E-state index is 13.4. The van der Waals surface area contributed by atoms with E-state index in [9.17, 15) is 18.0 Å². The second-order valence-corrected chi connectivity index (χ2v) is 8.07. The first-order valence-electron chi connectivity index (χ1n) is 10.4. The van der Waals surface area contributed by atoms with Crippen molar-refractivity contribution < 1.29 is 22.7 Å². The number of alkyl halides is 3. The molecular formula is C23H23F3N4O2. The topological polar surface area (TPSA) is 67.3 Å². The summed E-state index contributed by atoms with van der Waals surface area (Å²) in [5, 5.41) is 3.85. The molecule has 4 rings (SSSR count). The minimum atomic E-state index is -4.76. The molecule has 1 atom stereocenters. The number of fused-ring (bicyclic) bond motifs is 1. The van der Waals surface area contributed by atoms with Crippen LogP contribution >= 0.6 is 0 Å². The zero-order valence-corrected chi connectivity index (χ0v) is 17.7. The second kappa shape index (κ2) is 8.64. The number of benzene rings is 1. The van der Waals surface area contributed by atoms with Crippen LogP contribution in [0.25, 0.3) is 11.0 Å². The van der Waals surface area contributed by atoms with Crippen molar-refractivity contribution in [3.63, 3.8) is 0 Å². The average molecular weight is 444 g/mol. The van der Waals surface area contributed by atoms with Gasteiger partial charge in [0.05, 0.1) is 11.3 Å². The first-order valence-corrected chi connectivity index (χ1v) is 10.4. The number of hydrogen-bond donors (Lipinski definition) is 1. The largest absolute Gasteiger partial charge is 0.573 e. The van der Waals surface area contributed by atoms with E-state index in [0.717, 1.165) is 18.5 Å². The highest BCUT2D eigenvalue weighted by Crippen LogP contribution is 2.32. The van der Waals surface area contributed by atoms with Crippen molar-refractivity contribution in [1.82, 2.24) is 14.9 Å². The summed E-state index contributed by atoms with van der Waals surface area (Å²) < 4.78 is 41.3. The molecule has 1 amide bonds. The van der Waals surface area contributed by atoms with Gasteiger partial charge in [0.2, 0.25) is 0 Å². The third kappa shape index (κ3) is 4.92. The Labute approximate surface area is 183 Å². The normalized spacial score (nSPS) is 16.8. The van der Waals surface area contributed by atoms with Crippen molar-refractivity contribution >= 4 is 28.3 Å². The van der Waals surface area contributed by atoms with Gasteiger partial charge in [0, 0.05) is 36.1 Å². The van der Waals surface area contributed by atoms with E-state index in [0.29, 0.717) is 47.0 Å². The molecule has 32 heavy (non-hydrogen) atoms. The molecular weight excluding hydrogens is 421 g/mol. The van der Waals surface area contributed by atoms with Crippen LogP contribution < -0.4 is 10.1 Å². The fraction of sp³-hybridized carbons (Fsp3) is 0.348. The summed E-state index contributed by atoms with van der Waals surface area (Å²) in [4.78, 5) is 24.0. The van der Waals surface area contributed by atoms with Crippen LogP contribution in [-0.2, 0) is 0 Å². The Balaban J connectivity index is 1.71. The number of anilines is 2. The Kier molecular flexibility index (Phi) is 5.90. The fourth-order valence-electron chi connectivity index (χ4n) is 3.90. The minimum absolute atomic E-state index is 0.133. The first kappa shape index (κ1) is 21.9. The third-order valence-electron chi connectivity index (χ3n) is 5.40. The van der Waals surface area contributed by atoms with Crippen LogP contribution in [0.3, 0.4) is 0 Å². The molecule has 0 aliphatic carbocycles. The molecule has 0 spiro atoms. The standard InChI is InChI=1S/C23H23F3N4O2/c1-14-4-3-11-30(13-14)22(31)19-12-27-21-18(10-5-15(2)28-21)20(19)29-16-6-8-17(9-7-16)32-23(24,25)26/h5-10,12,14H,3-4,11,13H2,1-2H3,(H,27,28,29). The molecule has 168 valence electrons. The Hall–Kier alpha value is -3.36. The Morgan fingerprint density at radius 1 is 1.19 bits per heavy atom. The number of hydrogen-bond acceptors (Lipinski definition) is 5. The number of amides is 1. The van der Waals surface area contributed by atoms with Crippen LogP contribution in [0.2, 0.25) is 0 Å². The van der Waals surface area contributed by atoms with Gasteiger partial charge in [-0.1, -0.05) is 6.92 Å². The van der Waals surface area contributed by atoms with Gasteiger partial charge in [0.15, 0.2) is 5.65 Å². The summed E-state index contributed by atoms with van der Waals surface area (Å²) in [7, 11) is 0. The lowest BCUT2D eigenvalue weighted by Crippen LogP contribution is -2.39. The van der Waals surface area contributed by atoms with Gasteiger partial charge < -0.3 is 15.0 Å². The van der Waals surface area contributed by atoms with Gasteiger partial charge in [-0.05, 0) is 62.1 Å². The Bertz CT molecular complexity index is 1130. The lowest BCUT2D eigenvalue weighted by Gasteiger charge is -2.31. The molecule has 0 bridgehead atoms. The van der Waals surface area contributed by atoms with Crippen LogP contribution in [0.15, 0.2) is 42.6 Å². The van der Waals surface area contributed by atoms with E-state index in [-0.39, 0.29) is 11.7 Å². The smallest absolute Gasteiger partial charge is 0.406 e. The van der Waals surface area contributed by atoms with Crippen LogP contribution in [0.5, 0.6) is 5.75 Å². The summed E-state index contributed by atoms with van der Waals surface area (Å²) >= 11 is 0. The van der Waals surface area contributed by atoms with E-state index in [1.807, 2.05) is 24.0 Å². The SMILES string of the molecule is Cc1ccc2c(Nc3ccc(OC(F)(F)F)cc3)c(C(=O)N3CCCC(C)C3)cnc2n1. The molecule has 3 heterocycles. The van der Waals surface area contributed by atoms with Crippen LogP contribution in [-0.4, -0.2) is 40.2 Å². The number of halogens is 3. The number of nitrogens with one attached hydrogen (secondary N) is 1. The summed E-state index contributed by atoms with van der Waals surface area (Å²) in [6.45, 7) is 5.32.